The smallest absolute Gasteiger partial charge is 0.411 e. The standard InChI is InChI=1S/C25H32F3NO2/c1-6-9-18(5)22(23(31)29-24(25(26,27)28)12-7-8-13-24)21(30)15-19-14-17(4)10-11-20(19)16(2)3/h1,9,14,19-20,30H,2,7-8,10-13,15H2,3-5H3,(H,29,31)/b18-9-,22-21-. The third kappa shape index (κ3) is 5.64. The van der Waals surface area contributed by atoms with Gasteiger partial charge in [0.15, 0.2) is 0 Å². The Labute approximate surface area is 183 Å². The van der Waals surface area contributed by atoms with E-state index in [1.54, 1.807) is 0 Å². The molecule has 2 unspecified atom stereocenters. The molecule has 0 bridgehead atoms. The predicted molar refractivity (Wildman–Crippen MR) is 117 cm³/mol. The molecule has 0 heterocycles. The van der Waals surface area contributed by atoms with Crippen molar-refractivity contribution in [3.05, 3.63) is 46.8 Å². The van der Waals surface area contributed by atoms with Gasteiger partial charge in [-0.1, -0.05) is 42.6 Å². The van der Waals surface area contributed by atoms with E-state index in [1.807, 2.05) is 13.8 Å². The van der Waals surface area contributed by atoms with E-state index in [-0.39, 0.29) is 48.0 Å². The molecule has 2 N–H and O–H groups in total. The van der Waals surface area contributed by atoms with Gasteiger partial charge in [-0.2, -0.15) is 13.2 Å². The molecule has 1 fully saturated rings. The summed E-state index contributed by atoms with van der Waals surface area (Å²) < 4.78 is 41.4. The van der Waals surface area contributed by atoms with Crippen LogP contribution < -0.4 is 5.32 Å². The molecule has 170 valence electrons. The molecule has 2 rings (SSSR count). The summed E-state index contributed by atoms with van der Waals surface area (Å²) in [6.07, 6.45) is 6.47. The number of rotatable bonds is 6. The summed E-state index contributed by atoms with van der Waals surface area (Å²) >= 11 is 0. The third-order valence-electron chi connectivity index (χ3n) is 6.49. The second-order valence-electron chi connectivity index (χ2n) is 8.93. The lowest BCUT2D eigenvalue weighted by Gasteiger charge is -2.33. The number of terminal acetylenes is 1. The minimum absolute atomic E-state index is 0.0873. The Morgan fingerprint density at radius 1 is 1.39 bits per heavy atom. The molecular weight excluding hydrogens is 403 g/mol. The largest absolute Gasteiger partial charge is 0.511 e. The van der Waals surface area contributed by atoms with E-state index in [0.29, 0.717) is 12.8 Å². The Bertz CT molecular complexity index is 849. The van der Waals surface area contributed by atoms with E-state index in [9.17, 15) is 23.1 Å². The van der Waals surface area contributed by atoms with Crippen LogP contribution in [0.2, 0.25) is 0 Å². The summed E-state index contributed by atoms with van der Waals surface area (Å²) in [6, 6.07) is 0. The number of aliphatic hydroxyl groups excluding tert-OH is 1. The fourth-order valence-electron chi connectivity index (χ4n) is 4.77. The zero-order valence-corrected chi connectivity index (χ0v) is 18.5. The molecule has 2 atom stereocenters. The quantitative estimate of drug-likeness (QED) is 0.169. The number of alkyl halides is 3. The van der Waals surface area contributed by atoms with Crippen LogP contribution in [0.15, 0.2) is 46.8 Å². The molecule has 0 aromatic heterocycles. The number of hydrogen-bond acceptors (Lipinski definition) is 2. The van der Waals surface area contributed by atoms with Crippen LogP contribution in [-0.2, 0) is 4.79 Å². The van der Waals surface area contributed by atoms with Gasteiger partial charge < -0.3 is 10.4 Å². The Morgan fingerprint density at radius 3 is 2.52 bits per heavy atom. The first-order valence-electron chi connectivity index (χ1n) is 10.7. The molecule has 0 aromatic rings. The second kappa shape index (κ2) is 9.80. The van der Waals surface area contributed by atoms with Crippen LogP contribution in [0.5, 0.6) is 0 Å². The van der Waals surface area contributed by atoms with Crippen molar-refractivity contribution in [2.24, 2.45) is 11.8 Å². The first-order valence-corrected chi connectivity index (χ1v) is 10.7. The number of carbonyl (C=O) groups excluding carboxylic acids is 1. The fraction of sp³-hybridized carbons (Fsp3) is 0.560. The van der Waals surface area contributed by atoms with Crippen LogP contribution in [0.25, 0.3) is 0 Å². The topological polar surface area (TPSA) is 49.3 Å². The minimum atomic E-state index is -4.57. The summed E-state index contributed by atoms with van der Waals surface area (Å²) in [6.45, 7) is 9.50. The van der Waals surface area contributed by atoms with E-state index in [1.165, 1.54) is 18.6 Å². The number of aliphatic hydroxyl groups is 1. The maximum atomic E-state index is 13.8. The van der Waals surface area contributed by atoms with Gasteiger partial charge in [0.25, 0.3) is 5.91 Å². The number of amides is 1. The maximum Gasteiger partial charge on any atom is 0.411 e. The highest BCUT2D eigenvalue weighted by Gasteiger charge is 2.57. The molecule has 31 heavy (non-hydrogen) atoms. The van der Waals surface area contributed by atoms with Crippen molar-refractivity contribution in [3.63, 3.8) is 0 Å². The monoisotopic (exact) mass is 435 g/mol. The number of nitrogens with one attached hydrogen (secondary N) is 1. The summed E-state index contributed by atoms with van der Waals surface area (Å²) in [5.41, 5.74) is -0.0282. The van der Waals surface area contributed by atoms with E-state index in [4.69, 9.17) is 6.42 Å². The van der Waals surface area contributed by atoms with Gasteiger partial charge in [-0.25, -0.2) is 0 Å². The van der Waals surface area contributed by atoms with E-state index in [0.717, 1.165) is 18.4 Å². The van der Waals surface area contributed by atoms with E-state index < -0.39 is 17.6 Å². The molecular formula is C25H32F3NO2. The Kier molecular flexibility index (Phi) is 7.86. The number of hydrogen-bond donors (Lipinski definition) is 2. The van der Waals surface area contributed by atoms with Gasteiger partial charge in [-0.05, 0) is 69.9 Å². The van der Waals surface area contributed by atoms with Crippen LogP contribution >= 0.6 is 0 Å². The van der Waals surface area contributed by atoms with Crippen LogP contribution in [0.1, 0.15) is 65.7 Å². The van der Waals surface area contributed by atoms with Gasteiger partial charge >= 0.3 is 6.18 Å². The predicted octanol–water partition coefficient (Wildman–Crippen LogP) is 6.31. The highest BCUT2D eigenvalue weighted by atomic mass is 19.4. The molecule has 0 aliphatic heterocycles. The average Bonchev–Trinajstić information content (AvgIpc) is 3.11. The van der Waals surface area contributed by atoms with Crippen LogP contribution in [-0.4, -0.2) is 22.7 Å². The van der Waals surface area contributed by atoms with Gasteiger partial charge in [-0.3, -0.25) is 4.79 Å². The number of allylic oxidation sites excluding steroid dienone is 5. The molecule has 2 aliphatic rings. The maximum absolute atomic E-state index is 13.8. The lowest BCUT2D eigenvalue weighted by atomic mass is 9.75. The number of halogens is 3. The van der Waals surface area contributed by atoms with Gasteiger partial charge in [0, 0.05) is 6.42 Å². The molecule has 6 heteroatoms. The molecule has 1 saturated carbocycles. The zero-order chi connectivity index (χ0) is 23.4. The van der Waals surface area contributed by atoms with Crippen LogP contribution in [0.3, 0.4) is 0 Å². The Hall–Kier alpha value is -2.42. The fourth-order valence-corrected chi connectivity index (χ4v) is 4.77. The number of carbonyl (C=O) groups is 1. The van der Waals surface area contributed by atoms with Gasteiger partial charge in [0.05, 0.1) is 5.57 Å². The Balaban J connectivity index is 2.43. The van der Waals surface area contributed by atoms with Gasteiger partial charge in [-0.15, -0.1) is 6.42 Å². The van der Waals surface area contributed by atoms with Gasteiger partial charge in [0.1, 0.15) is 11.3 Å². The van der Waals surface area contributed by atoms with Crippen molar-refractivity contribution in [1.29, 1.82) is 0 Å². The normalized spacial score (nSPS) is 24.7. The van der Waals surface area contributed by atoms with Gasteiger partial charge in [0.2, 0.25) is 0 Å². The summed E-state index contributed by atoms with van der Waals surface area (Å²) in [7, 11) is 0. The first kappa shape index (κ1) is 24.8. The van der Waals surface area contributed by atoms with Crippen molar-refractivity contribution >= 4 is 5.91 Å². The molecule has 0 aromatic carbocycles. The van der Waals surface area contributed by atoms with Crippen molar-refractivity contribution in [3.8, 4) is 12.3 Å². The molecule has 0 spiro atoms. The third-order valence-corrected chi connectivity index (χ3v) is 6.49. The summed E-state index contributed by atoms with van der Waals surface area (Å²) in [4.78, 5) is 13.1. The van der Waals surface area contributed by atoms with Crippen LogP contribution in [0, 0.1) is 24.2 Å². The molecule has 2 aliphatic carbocycles. The zero-order valence-electron chi connectivity index (χ0n) is 18.5. The molecule has 0 radical (unpaired) electrons. The highest BCUT2D eigenvalue weighted by Crippen LogP contribution is 2.43. The summed E-state index contributed by atoms with van der Waals surface area (Å²) in [5, 5.41) is 13.2. The molecule has 3 nitrogen and oxygen atoms in total. The lowest BCUT2D eigenvalue weighted by molar-refractivity contribution is -0.196. The van der Waals surface area contributed by atoms with Crippen molar-refractivity contribution < 1.29 is 23.1 Å². The first-order chi connectivity index (χ1) is 14.4. The Morgan fingerprint density at radius 2 is 2.00 bits per heavy atom. The molecule has 0 saturated heterocycles. The minimum Gasteiger partial charge on any atom is -0.511 e. The van der Waals surface area contributed by atoms with E-state index >= 15 is 0 Å². The van der Waals surface area contributed by atoms with Crippen molar-refractivity contribution in [1.82, 2.24) is 5.32 Å². The lowest BCUT2D eigenvalue weighted by Crippen LogP contribution is -2.57. The summed E-state index contributed by atoms with van der Waals surface area (Å²) in [5.74, 6) is 1.14. The SMILES string of the molecule is C#C/C=C(C)\C(C(=O)NC1(C(F)(F)F)CCCC1)=C(\O)CC1C=C(C)CCC1C(=C)C. The van der Waals surface area contributed by atoms with E-state index in [2.05, 4.69) is 23.9 Å². The molecule has 1 amide bonds. The highest BCUT2D eigenvalue weighted by molar-refractivity contribution is 5.98. The average molecular weight is 436 g/mol. The van der Waals surface area contributed by atoms with Crippen molar-refractivity contribution in [2.75, 3.05) is 0 Å². The second-order valence-corrected chi connectivity index (χ2v) is 8.93. The van der Waals surface area contributed by atoms with Crippen LogP contribution in [0.4, 0.5) is 13.2 Å². The van der Waals surface area contributed by atoms with Crippen molar-refractivity contribution in [2.45, 2.75) is 77.4 Å².